The summed E-state index contributed by atoms with van der Waals surface area (Å²) in [6, 6.07) is 12.1. The SMILES string of the molecule is COc1ccc(N(CC(=O)Nc2ccc3c(c2)OCCO3)C(C)=O)cc1. The molecule has 2 amide bonds. The van der Waals surface area contributed by atoms with E-state index in [2.05, 4.69) is 5.32 Å². The van der Waals surface area contributed by atoms with Crippen molar-refractivity contribution in [1.29, 1.82) is 0 Å². The van der Waals surface area contributed by atoms with E-state index >= 15 is 0 Å². The number of rotatable bonds is 5. The fraction of sp³-hybridized carbons (Fsp3) is 0.263. The summed E-state index contributed by atoms with van der Waals surface area (Å²) in [5.74, 6) is 1.38. The summed E-state index contributed by atoms with van der Waals surface area (Å²) in [6.07, 6.45) is 0. The number of hydrogen-bond acceptors (Lipinski definition) is 5. The van der Waals surface area contributed by atoms with Crippen LogP contribution < -0.4 is 24.4 Å². The van der Waals surface area contributed by atoms with Gasteiger partial charge in [-0.2, -0.15) is 0 Å². The zero-order chi connectivity index (χ0) is 18.5. The Morgan fingerprint density at radius 1 is 1.08 bits per heavy atom. The minimum absolute atomic E-state index is 0.101. The van der Waals surface area contributed by atoms with E-state index in [0.29, 0.717) is 41.8 Å². The summed E-state index contributed by atoms with van der Waals surface area (Å²) < 4.78 is 16.1. The Bertz CT molecular complexity index is 804. The van der Waals surface area contributed by atoms with Crippen LogP contribution in [0.4, 0.5) is 11.4 Å². The first-order valence-electron chi connectivity index (χ1n) is 8.18. The minimum Gasteiger partial charge on any atom is -0.497 e. The van der Waals surface area contributed by atoms with Crippen LogP contribution >= 0.6 is 0 Å². The van der Waals surface area contributed by atoms with Gasteiger partial charge in [0.15, 0.2) is 11.5 Å². The van der Waals surface area contributed by atoms with Crippen LogP contribution in [0, 0.1) is 0 Å². The Labute approximate surface area is 151 Å². The van der Waals surface area contributed by atoms with Crippen LogP contribution in [0.2, 0.25) is 0 Å². The van der Waals surface area contributed by atoms with Crippen LogP contribution in [0.25, 0.3) is 0 Å². The summed E-state index contributed by atoms with van der Waals surface area (Å²) >= 11 is 0. The molecule has 136 valence electrons. The Balaban J connectivity index is 1.69. The fourth-order valence-electron chi connectivity index (χ4n) is 2.61. The quantitative estimate of drug-likeness (QED) is 0.890. The molecular formula is C19H20N2O5. The maximum absolute atomic E-state index is 12.4. The molecule has 0 saturated carbocycles. The number of amides is 2. The molecule has 1 heterocycles. The molecule has 7 nitrogen and oxygen atoms in total. The molecule has 0 aromatic heterocycles. The van der Waals surface area contributed by atoms with Crippen LogP contribution in [-0.4, -0.2) is 38.7 Å². The van der Waals surface area contributed by atoms with E-state index < -0.39 is 0 Å². The first-order valence-corrected chi connectivity index (χ1v) is 8.18. The molecular weight excluding hydrogens is 336 g/mol. The van der Waals surface area contributed by atoms with Crippen molar-refractivity contribution in [2.75, 3.05) is 37.1 Å². The highest BCUT2D eigenvalue weighted by molar-refractivity contribution is 6.01. The maximum Gasteiger partial charge on any atom is 0.244 e. The average Bonchev–Trinajstić information content (AvgIpc) is 2.66. The van der Waals surface area contributed by atoms with Crippen molar-refractivity contribution in [2.45, 2.75) is 6.92 Å². The zero-order valence-corrected chi connectivity index (χ0v) is 14.7. The van der Waals surface area contributed by atoms with E-state index in [9.17, 15) is 9.59 Å². The molecule has 0 fully saturated rings. The smallest absolute Gasteiger partial charge is 0.244 e. The van der Waals surface area contributed by atoms with Gasteiger partial charge in [-0.3, -0.25) is 9.59 Å². The van der Waals surface area contributed by atoms with Gasteiger partial charge >= 0.3 is 0 Å². The second kappa shape index (κ2) is 7.77. The van der Waals surface area contributed by atoms with Gasteiger partial charge in [-0.05, 0) is 36.4 Å². The molecule has 0 radical (unpaired) electrons. The van der Waals surface area contributed by atoms with Crippen molar-refractivity contribution in [3.63, 3.8) is 0 Å². The van der Waals surface area contributed by atoms with E-state index in [1.54, 1.807) is 49.6 Å². The van der Waals surface area contributed by atoms with Gasteiger partial charge in [0.25, 0.3) is 0 Å². The van der Waals surface area contributed by atoms with Crippen molar-refractivity contribution < 1.29 is 23.8 Å². The van der Waals surface area contributed by atoms with Gasteiger partial charge in [-0.1, -0.05) is 0 Å². The van der Waals surface area contributed by atoms with E-state index in [0.717, 1.165) is 0 Å². The van der Waals surface area contributed by atoms with Gasteiger partial charge in [-0.15, -0.1) is 0 Å². The maximum atomic E-state index is 12.4. The third kappa shape index (κ3) is 4.05. The van der Waals surface area contributed by atoms with Gasteiger partial charge in [-0.25, -0.2) is 0 Å². The second-order valence-corrected chi connectivity index (χ2v) is 5.71. The lowest BCUT2D eigenvalue weighted by atomic mass is 10.2. The third-order valence-electron chi connectivity index (χ3n) is 3.89. The molecule has 1 N–H and O–H groups in total. The van der Waals surface area contributed by atoms with Gasteiger partial charge < -0.3 is 24.4 Å². The number of hydrogen-bond donors (Lipinski definition) is 1. The van der Waals surface area contributed by atoms with E-state index in [1.807, 2.05) is 0 Å². The summed E-state index contributed by atoms with van der Waals surface area (Å²) in [7, 11) is 1.57. The molecule has 0 spiro atoms. The Morgan fingerprint density at radius 2 is 1.77 bits per heavy atom. The molecule has 0 saturated heterocycles. The minimum atomic E-state index is -0.312. The first kappa shape index (κ1) is 17.6. The number of benzene rings is 2. The molecule has 26 heavy (non-hydrogen) atoms. The average molecular weight is 356 g/mol. The monoisotopic (exact) mass is 356 g/mol. The number of anilines is 2. The van der Waals surface area contributed by atoms with Crippen molar-refractivity contribution in [3.8, 4) is 17.2 Å². The van der Waals surface area contributed by atoms with E-state index in [4.69, 9.17) is 14.2 Å². The van der Waals surface area contributed by atoms with Crippen LogP contribution in [-0.2, 0) is 9.59 Å². The standard InChI is InChI=1S/C19H20N2O5/c1-13(22)21(15-4-6-16(24-2)7-5-15)12-19(23)20-14-3-8-17-18(11-14)26-10-9-25-17/h3-8,11H,9-10,12H2,1-2H3,(H,20,23). The molecule has 0 unspecified atom stereocenters. The molecule has 0 bridgehead atoms. The van der Waals surface area contributed by atoms with Gasteiger partial charge in [0.1, 0.15) is 25.5 Å². The molecule has 0 aliphatic carbocycles. The Morgan fingerprint density at radius 3 is 2.42 bits per heavy atom. The Hall–Kier alpha value is -3.22. The number of nitrogens with zero attached hydrogens (tertiary/aromatic N) is 1. The summed E-state index contributed by atoms with van der Waals surface area (Å²) in [6.45, 7) is 2.30. The molecule has 7 heteroatoms. The number of nitrogens with one attached hydrogen (secondary N) is 1. The predicted molar refractivity (Wildman–Crippen MR) is 97.1 cm³/mol. The summed E-state index contributed by atoms with van der Waals surface area (Å²) in [5, 5.41) is 2.78. The van der Waals surface area contributed by atoms with Crippen molar-refractivity contribution in [1.82, 2.24) is 0 Å². The molecule has 3 rings (SSSR count). The van der Waals surface area contributed by atoms with Crippen LogP contribution in [0.15, 0.2) is 42.5 Å². The van der Waals surface area contributed by atoms with Crippen molar-refractivity contribution in [2.24, 2.45) is 0 Å². The van der Waals surface area contributed by atoms with Gasteiger partial charge in [0.05, 0.1) is 7.11 Å². The highest BCUT2D eigenvalue weighted by Gasteiger charge is 2.17. The molecule has 2 aromatic carbocycles. The van der Waals surface area contributed by atoms with Crippen LogP contribution in [0.1, 0.15) is 6.92 Å². The van der Waals surface area contributed by atoms with Gasteiger partial charge in [0.2, 0.25) is 11.8 Å². The number of fused-ring (bicyclic) bond motifs is 1. The predicted octanol–water partition coefficient (Wildman–Crippen LogP) is 2.46. The largest absolute Gasteiger partial charge is 0.497 e. The second-order valence-electron chi connectivity index (χ2n) is 5.71. The summed E-state index contributed by atoms with van der Waals surface area (Å²) in [4.78, 5) is 25.7. The molecule has 2 aromatic rings. The van der Waals surface area contributed by atoms with Crippen molar-refractivity contribution >= 4 is 23.2 Å². The number of carbonyl (C=O) groups excluding carboxylic acids is 2. The van der Waals surface area contributed by atoms with Crippen LogP contribution in [0.3, 0.4) is 0 Å². The number of methoxy groups -OCH3 is 1. The lowest BCUT2D eigenvalue weighted by Crippen LogP contribution is -2.36. The molecule has 1 aliphatic rings. The van der Waals surface area contributed by atoms with Crippen LogP contribution in [0.5, 0.6) is 17.2 Å². The zero-order valence-electron chi connectivity index (χ0n) is 14.7. The topological polar surface area (TPSA) is 77.1 Å². The highest BCUT2D eigenvalue weighted by atomic mass is 16.6. The molecule has 0 atom stereocenters. The van der Waals surface area contributed by atoms with Gasteiger partial charge in [0, 0.05) is 24.4 Å². The third-order valence-corrected chi connectivity index (χ3v) is 3.89. The fourth-order valence-corrected chi connectivity index (χ4v) is 2.61. The van der Waals surface area contributed by atoms with E-state index in [1.165, 1.54) is 11.8 Å². The lowest BCUT2D eigenvalue weighted by molar-refractivity contribution is -0.120. The lowest BCUT2D eigenvalue weighted by Gasteiger charge is -2.22. The highest BCUT2D eigenvalue weighted by Crippen LogP contribution is 2.32. The first-order chi connectivity index (χ1) is 12.6. The number of ether oxygens (including phenoxy) is 3. The Kier molecular flexibility index (Phi) is 5.26. The van der Waals surface area contributed by atoms with E-state index in [-0.39, 0.29) is 18.4 Å². The molecule has 1 aliphatic heterocycles. The number of carbonyl (C=O) groups is 2. The summed E-state index contributed by atoms with van der Waals surface area (Å²) in [5.41, 5.74) is 1.20. The normalized spacial score (nSPS) is 12.2. The van der Waals surface area contributed by atoms with Crippen molar-refractivity contribution in [3.05, 3.63) is 42.5 Å².